The predicted octanol–water partition coefficient (Wildman–Crippen LogP) is 2.58. The van der Waals surface area contributed by atoms with Gasteiger partial charge in [0.15, 0.2) is 4.67 Å². The Morgan fingerprint density at radius 2 is 2.38 bits per heavy atom. The monoisotopic (exact) mass is 285 g/mol. The lowest BCUT2D eigenvalue weighted by molar-refractivity contribution is 0.0954. The molecule has 1 aromatic heterocycles. The fourth-order valence-corrected chi connectivity index (χ4v) is 1.20. The smallest absolute Gasteiger partial charge is 0.254 e. The highest BCUT2D eigenvalue weighted by Gasteiger charge is 2.09. The normalized spacial score (nSPS) is 10.5. The molecule has 0 aliphatic rings. The summed E-state index contributed by atoms with van der Waals surface area (Å²) in [6.45, 7) is 0.213. The van der Waals surface area contributed by atoms with Gasteiger partial charge < -0.3 is 9.73 Å². The number of nitrogens with one attached hydrogen (secondary N) is 1. The van der Waals surface area contributed by atoms with Gasteiger partial charge in [0.05, 0.1) is 5.56 Å². The zero-order valence-electron chi connectivity index (χ0n) is 6.39. The van der Waals surface area contributed by atoms with Crippen molar-refractivity contribution in [1.29, 1.82) is 0 Å². The molecule has 3 nitrogen and oxygen atoms in total. The average molecular weight is 287 g/mol. The molecule has 72 valence electrons. The number of hydrogen-bond donors (Lipinski definition) is 1. The van der Waals surface area contributed by atoms with Crippen molar-refractivity contribution in [3.8, 4) is 0 Å². The van der Waals surface area contributed by atoms with E-state index in [1.54, 1.807) is 6.07 Å². The molecule has 1 amide bonds. The molecule has 0 atom stereocenters. The average Bonchev–Trinajstić information content (AvgIpc) is 2.47. The Morgan fingerprint density at radius 1 is 1.69 bits per heavy atom. The van der Waals surface area contributed by atoms with Gasteiger partial charge in [-0.25, -0.2) is 0 Å². The first-order chi connectivity index (χ1) is 6.09. The standard InChI is InChI=1S/C7H6BrCl2NO2/c8-5-1-4(3-13-5)7(12)11-2-6(9)10/h1,3,6H,2H2,(H,11,12). The minimum atomic E-state index is -0.598. The maximum Gasteiger partial charge on any atom is 0.254 e. The number of rotatable bonds is 3. The van der Waals surface area contributed by atoms with Crippen LogP contribution in [0.3, 0.4) is 0 Å². The molecule has 0 bridgehead atoms. The van der Waals surface area contributed by atoms with E-state index in [2.05, 4.69) is 21.2 Å². The quantitative estimate of drug-likeness (QED) is 0.868. The molecule has 1 aromatic rings. The van der Waals surface area contributed by atoms with E-state index in [0.29, 0.717) is 10.2 Å². The SMILES string of the molecule is O=C(NCC(Cl)Cl)c1coc(Br)c1. The number of carbonyl (C=O) groups is 1. The van der Waals surface area contributed by atoms with Crippen molar-refractivity contribution in [2.45, 2.75) is 4.84 Å². The van der Waals surface area contributed by atoms with Crippen LogP contribution in [-0.4, -0.2) is 17.3 Å². The van der Waals surface area contributed by atoms with Crippen molar-refractivity contribution < 1.29 is 9.21 Å². The van der Waals surface area contributed by atoms with Gasteiger partial charge in [-0.05, 0) is 15.9 Å². The van der Waals surface area contributed by atoms with E-state index in [-0.39, 0.29) is 12.5 Å². The van der Waals surface area contributed by atoms with E-state index in [1.807, 2.05) is 0 Å². The van der Waals surface area contributed by atoms with Gasteiger partial charge in [0.1, 0.15) is 11.1 Å². The number of halogens is 3. The van der Waals surface area contributed by atoms with Crippen LogP contribution in [0.5, 0.6) is 0 Å². The lowest BCUT2D eigenvalue weighted by Gasteiger charge is -2.02. The molecular weight excluding hydrogens is 281 g/mol. The molecule has 0 unspecified atom stereocenters. The third-order valence-corrected chi connectivity index (χ3v) is 1.97. The number of amides is 1. The van der Waals surface area contributed by atoms with Crippen LogP contribution < -0.4 is 5.32 Å². The van der Waals surface area contributed by atoms with Crippen molar-refractivity contribution in [3.05, 3.63) is 22.6 Å². The van der Waals surface area contributed by atoms with Gasteiger partial charge in [0, 0.05) is 12.6 Å². The fraction of sp³-hybridized carbons (Fsp3) is 0.286. The number of carbonyl (C=O) groups excluding carboxylic acids is 1. The lowest BCUT2D eigenvalue weighted by Crippen LogP contribution is -2.27. The highest BCUT2D eigenvalue weighted by atomic mass is 79.9. The molecular formula is C7H6BrCl2NO2. The molecule has 0 aliphatic carbocycles. The van der Waals surface area contributed by atoms with Crippen molar-refractivity contribution >= 4 is 45.0 Å². The van der Waals surface area contributed by atoms with Crippen LogP contribution in [0.2, 0.25) is 0 Å². The molecule has 1 N–H and O–H groups in total. The van der Waals surface area contributed by atoms with Gasteiger partial charge in [0.25, 0.3) is 5.91 Å². The summed E-state index contributed by atoms with van der Waals surface area (Å²) in [4.78, 5) is 10.7. The second kappa shape index (κ2) is 4.88. The lowest BCUT2D eigenvalue weighted by atomic mass is 10.3. The Bertz CT molecular complexity index is 300. The first-order valence-corrected chi connectivity index (χ1v) is 5.06. The third kappa shape index (κ3) is 3.58. The van der Waals surface area contributed by atoms with Crippen molar-refractivity contribution in [3.63, 3.8) is 0 Å². The maximum atomic E-state index is 11.3. The summed E-state index contributed by atoms with van der Waals surface area (Å²) in [5.41, 5.74) is 0.431. The Hall–Kier alpha value is -0.190. The van der Waals surface area contributed by atoms with E-state index in [1.165, 1.54) is 6.26 Å². The summed E-state index contributed by atoms with van der Waals surface area (Å²) in [6.07, 6.45) is 1.34. The van der Waals surface area contributed by atoms with E-state index in [4.69, 9.17) is 27.6 Å². The third-order valence-electron chi connectivity index (χ3n) is 1.25. The Morgan fingerprint density at radius 3 is 2.85 bits per heavy atom. The van der Waals surface area contributed by atoms with Gasteiger partial charge in [0.2, 0.25) is 0 Å². The minimum Gasteiger partial charge on any atom is -0.457 e. The van der Waals surface area contributed by atoms with Gasteiger partial charge in [-0.15, -0.1) is 23.2 Å². The summed E-state index contributed by atoms with van der Waals surface area (Å²) in [6, 6.07) is 1.56. The highest BCUT2D eigenvalue weighted by Crippen LogP contribution is 2.13. The van der Waals surface area contributed by atoms with Crippen molar-refractivity contribution in [1.82, 2.24) is 5.32 Å². The molecule has 1 rings (SSSR count). The van der Waals surface area contributed by atoms with Gasteiger partial charge in [-0.2, -0.15) is 0 Å². The molecule has 0 aromatic carbocycles. The van der Waals surface area contributed by atoms with Crippen LogP contribution in [0.15, 0.2) is 21.4 Å². The molecule has 0 saturated carbocycles. The molecule has 6 heteroatoms. The fourth-order valence-electron chi connectivity index (χ4n) is 0.701. The first kappa shape index (κ1) is 10.9. The van der Waals surface area contributed by atoms with Crippen LogP contribution in [0.4, 0.5) is 0 Å². The first-order valence-electron chi connectivity index (χ1n) is 3.40. The zero-order valence-corrected chi connectivity index (χ0v) is 9.49. The van der Waals surface area contributed by atoms with Crippen LogP contribution in [0, 0.1) is 0 Å². The van der Waals surface area contributed by atoms with Crippen molar-refractivity contribution in [2.75, 3.05) is 6.54 Å². The summed E-state index contributed by atoms with van der Waals surface area (Å²) < 4.78 is 5.39. The van der Waals surface area contributed by atoms with E-state index >= 15 is 0 Å². The minimum absolute atomic E-state index is 0.213. The largest absolute Gasteiger partial charge is 0.457 e. The Labute approximate surface area is 93.5 Å². The molecule has 0 aliphatic heterocycles. The molecule has 0 spiro atoms. The maximum absolute atomic E-state index is 11.3. The van der Waals surface area contributed by atoms with Crippen molar-refractivity contribution in [2.24, 2.45) is 0 Å². The number of alkyl halides is 2. The molecule has 13 heavy (non-hydrogen) atoms. The topological polar surface area (TPSA) is 42.2 Å². The summed E-state index contributed by atoms with van der Waals surface area (Å²) >= 11 is 13.9. The number of hydrogen-bond acceptors (Lipinski definition) is 2. The van der Waals surface area contributed by atoms with Crippen LogP contribution >= 0.6 is 39.1 Å². The van der Waals surface area contributed by atoms with E-state index in [0.717, 1.165) is 0 Å². The van der Waals surface area contributed by atoms with Crippen LogP contribution in [0.25, 0.3) is 0 Å². The number of furan rings is 1. The van der Waals surface area contributed by atoms with E-state index in [9.17, 15) is 4.79 Å². The second-order valence-electron chi connectivity index (χ2n) is 2.24. The van der Waals surface area contributed by atoms with Gasteiger partial charge >= 0.3 is 0 Å². The second-order valence-corrected chi connectivity index (χ2v) is 4.30. The summed E-state index contributed by atoms with van der Waals surface area (Å²) in [5.74, 6) is -0.263. The van der Waals surface area contributed by atoms with Gasteiger partial charge in [-0.3, -0.25) is 4.79 Å². The van der Waals surface area contributed by atoms with Crippen LogP contribution in [0.1, 0.15) is 10.4 Å². The highest BCUT2D eigenvalue weighted by molar-refractivity contribution is 9.10. The van der Waals surface area contributed by atoms with Gasteiger partial charge in [-0.1, -0.05) is 0 Å². The zero-order chi connectivity index (χ0) is 9.84. The summed E-state index contributed by atoms with van der Waals surface area (Å²) in [7, 11) is 0. The Balaban J connectivity index is 2.49. The van der Waals surface area contributed by atoms with E-state index < -0.39 is 4.84 Å². The Kier molecular flexibility index (Phi) is 4.09. The van der Waals surface area contributed by atoms with Crippen LogP contribution in [-0.2, 0) is 0 Å². The molecule has 0 saturated heterocycles. The molecule has 0 radical (unpaired) electrons. The molecule has 1 heterocycles. The molecule has 0 fully saturated rings. The summed E-state index contributed by atoms with van der Waals surface area (Å²) in [5, 5.41) is 2.53. The predicted molar refractivity (Wildman–Crippen MR) is 54.2 cm³/mol.